The second-order valence-electron chi connectivity index (χ2n) is 3.77. The molecule has 0 rings (SSSR count). The van der Waals surface area contributed by atoms with Crippen molar-refractivity contribution in [2.45, 2.75) is 53.0 Å². The van der Waals surface area contributed by atoms with Crippen molar-refractivity contribution >= 4 is 5.71 Å². The Kier molecular flexibility index (Phi) is 5.69. The number of hydrogen-bond donors (Lipinski definition) is 0. The summed E-state index contributed by atoms with van der Waals surface area (Å²) in [6.45, 7) is 12.2. The van der Waals surface area contributed by atoms with Crippen molar-refractivity contribution in [2.24, 2.45) is 4.99 Å². The molecule has 1 unspecified atom stereocenters. The van der Waals surface area contributed by atoms with E-state index in [0.717, 1.165) is 6.42 Å². The van der Waals surface area contributed by atoms with Gasteiger partial charge in [-0.05, 0) is 47.0 Å². The van der Waals surface area contributed by atoms with E-state index < -0.39 is 0 Å². The lowest BCUT2D eigenvalue weighted by Crippen LogP contribution is -2.00. The minimum absolute atomic E-state index is 0.481. The fourth-order valence-corrected chi connectivity index (χ4v) is 1.20. The molecule has 0 aromatic carbocycles. The van der Waals surface area contributed by atoms with E-state index in [9.17, 15) is 0 Å². The van der Waals surface area contributed by atoms with Gasteiger partial charge in [-0.1, -0.05) is 5.57 Å². The molecule has 0 N–H and O–H groups in total. The maximum absolute atomic E-state index is 4.46. The summed E-state index contributed by atoms with van der Waals surface area (Å²) in [4.78, 5) is 4.46. The van der Waals surface area contributed by atoms with E-state index in [0.29, 0.717) is 6.04 Å². The van der Waals surface area contributed by atoms with Crippen LogP contribution in [0.3, 0.4) is 0 Å². The van der Waals surface area contributed by atoms with E-state index in [1.165, 1.54) is 24.1 Å². The van der Waals surface area contributed by atoms with Crippen LogP contribution in [0, 0.1) is 0 Å². The zero-order valence-electron chi connectivity index (χ0n) is 8.85. The highest BCUT2D eigenvalue weighted by atomic mass is 14.8. The van der Waals surface area contributed by atoms with Gasteiger partial charge in [0.1, 0.15) is 0 Å². The number of rotatable bonds is 5. The number of aliphatic imine (C=N–C) groups is 1. The first kappa shape index (κ1) is 11.4. The van der Waals surface area contributed by atoms with Crippen LogP contribution in [0.1, 0.15) is 47.0 Å². The molecule has 0 aliphatic heterocycles. The molecule has 0 saturated heterocycles. The molecular formula is C11H21N. The SMILES string of the molecule is C=C(C)CCCC(C)N=C(C)C. The molecule has 0 radical (unpaired) electrons. The molecule has 0 amide bonds. The minimum atomic E-state index is 0.481. The van der Waals surface area contributed by atoms with Crippen LogP contribution >= 0.6 is 0 Å². The molecule has 0 saturated carbocycles. The fraction of sp³-hybridized carbons (Fsp3) is 0.727. The van der Waals surface area contributed by atoms with Crippen LogP contribution in [0.5, 0.6) is 0 Å². The van der Waals surface area contributed by atoms with Crippen molar-refractivity contribution in [2.75, 3.05) is 0 Å². The second-order valence-corrected chi connectivity index (χ2v) is 3.77. The van der Waals surface area contributed by atoms with Crippen LogP contribution in [-0.2, 0) is 0 Å². The molecule has 0 aliphatic rings. The zero-order chi connectivity index (χ0) is 9.56. The lowest BCUT2D eigenvalue weighted by Gasteiger charge is -2.06. The maximum atomic E-state index is 4.46. The quantitative estimate of drug-likeness (QED) is 0.438. The van der Waals surface area contributed by atoms with Gasteiger partial charge in [0.15, 0.2) is 0 Å². The molecule has 0 aliphatic carbocycles. The van der Waals surface area contributed by atoms with Crippen molar-refractivity contribution in [3.8, 4) is 0 Å². The first-order chi connectivity index (χ1) is 5.52. The van der Waals surface area contributed by atoms with Gasteiger partial charge in [-0.2, -0.15) is 0 Å². The van der Waals surface area contributed by atoms with E-state index in [2.05, 4.69) is 39.3 Å². The smallest absolute Gasteiger partial charge is 0.0470 e. The highest BCUT2D eigenvalue weighted by Gasteiger charge is 1.98. The van der Waals surface area contributed by atoms with Gasteiger partial charge >= 0.3 is 0 Å². The first-order valence-electron chi connectivity index (χ1n) is 4.67. The molecule has 1 atom stereocenters. The van der Waals surface area contributed by atoms with Gasteiger partial charge in [0.25, 0.3) is 0 Å². The Morgan fingerprint density at radius 1 is 1.33 bits per heavy atom. The molecule has 0 aromatic heterocycles. The Bertz CT molecular complexity index is 164. The lowest BCUT2D eigenvalue weighted by molar-refractivity contribution is 0.624. The summed E-state index contributed by atoms with van der Waals surface area (Å²) in [5.41, 5.74) is 2.46. The number of allylic oxidation sites excluding steroid dienone is 1. The highest BCUT2D eigenvalue weighted by Crippen LogP contribution is 2.08. The average Bonchev–Trinajstić information content (AvgIpc) is 1.84. The standard InChI is InChI=1S/C11H21N/c1-9(2)7-6-8-11(5)12-10(3)4/h11H,1,6-8H2,2-5H3. The zero-order valence-corrected chi connectivity index (χ0v) is 8.85. The van der Waals surface area contributed by atoms with Crippen molar-refractivity contribution in [1.82, 2.24) is 0 Å². The van der Waals surface area contributed by atoms with E-state index >= 15 is 0 Å². The van der Waals surface area contributed by atoms with Crippen LogP contribution in [0.4, 0.5) is 0 Å². The highest BCUT2D eigenvalue weighted by molar-refractivity contribution is 5.79. The molecule has 70 valence electrons. The molecule has 0 spiro atoms. The summed E-state index contributed by atoms with van der Waals surface area (Å²) in [6.07, 6.45) is 3.54. The van der Waals surface area contributed by atoms with E-state index in [4.69, 9.17) is 0 Å². The second kappa shape index (κ2) is 5.99. The van der Waals surface area contributed by atoms with Gasteiger partial charge in [-0.3, -0.25) is 4.99 Å². The maximum Gasteiger partial charge on any atom is 0.0470 e. The molecule has 1 nitrogen and oxygen atoms in total. The van der Waals surface area contributed by atoms with Crippen LogP contribution in [0.25, 0.3) is 0 Å². The van der Waals surface area contributed by atoms with Crippen LogP contribution in [-0.4, -0.2) is 11.8 Å². The molecule has 0 fully saturated rings. The van der Waals surface area contributed by atoms with E-state index in [1.54, 1.807) is 0 Å². The summed E-state index contributed by atoms with van der Waals surface area (Å²) < 4.78 is 0. The van der Waals surface area contributed by atoms with Gasteiger partial charge in [-0.15, -0.1) is 6.58 Å². The third-order valence-corrected chi connectivity index (χ3v) is 1.70. The molecule has 1 heteroatoms. The van der Waals surface area contributed by atoms with Crippen molar-refractivity contribution in [1.29, 1.82) is 0 Å². The predicted octanol–water partition coefficient (Wildman–Crippen LogP) is 3.60. The van der Waals surface area contributed by atoms with Crippen LogP contribution in [0.15, 0.2) is 17.1 Å². The average molecular weight is 167 g/mol. The Balaban J connectivity index is 3.51. The Hall–Kier alpha value is -0.590. The third kappa shape index (κ3) is 7.52. The summed E-state index contributed by atoms with van der Waals surface area (Å²) in [7, 11) is 0. The monoisotopic (exact) mass is 167 g/mol. The Labute approximate surface area is 76.6 Å². The molecule has 0 heterocycles. The molecule has 0 bridgehead atoms. The molecule has 0 aromatic rings. The van der Waals surface area contributed by atoms with Gasteiger partial charge in [0, 0.05) is 11.8 Å². The number of hydrogen-bond acceptors (Lipinski definition) is 1. The summed E-state index contributed by atoms with van der Waals surface area (Å²) in [5, 5.41) is 0. The number of nitrogens with zero attached hydrogens (tertiary/aromatic N) is 1. The minimum Gasteiger partial charge on any atom is -0.292 e. The summed E-state index contributed by atoms with van der Waals surface area (Å²) in [6, 6.07) is 0.481. The predicted molar refractivity (Wildman–Crippen MR) is 56.9 cm³/mol. The van der Waals surface area contributed by atoms with Gasteiger partial charge in [0.2, 0.25) is 0 Å². The van der Waals surface area contributed by atoms with Gasteiger partial charge < -0.3 is 0 Å². The summed E-state index contributed by atoms with van der Waals surface area (Å²) >= 11 is 0. The van der Waals surface area contributed by atoms with E-state index in [1.807, 2.05) is 0 Å². The van der Waals surface area contributed by atoms with Crippen LogP contribution < -0.4 is 0 Å². The molecule has 12 heavy (non-hydrogen) atoms. The fourth-order valence-electron chi connectivity index (χ4n) is 1.20. The largest absolute Gasteiger partial charge is 0.292 e. The lowest BCUT2D eigenvalue weighted by atomic mass is 10.1. The van der Waals surface area contributed by atoms with Gasteiger partial charge in [0.05, 0.1) is 0 Å². The van der Waals surface area contributed by atoms with Crippen molar-refractivity contribution < 1.29 is 0 Å². The van der Waals surface area contributed by atoms with Crippen LogP contribution in [0.2, 0.25) is 0 Å². The van der Waals surface area contributed by atoms with Gasteiger partial charge in [-0.25, -0.2) is 0 Å². The summed E-state index contributed by atoms with van der Waals surface area (Å²) in [5.74, 6) is 0. The Morgan fingerprint density at radius 2 is 1.92 bits per heavy atom. The Morgan fingerprint density at radius 3 is 2.33 bits per heavy atom. The topological polar surface area (TPSA) is 12.4 Å². The van der Waals surface area contributed by atoms with Crippen molar-refractivity contribution in [3.63, 3.8) is 0 Å². The third-order valence-electron chi connectivity index (χ3n) is 1.70. The van der Waals surface area contributed by atoms with Crippen molar-refractivity contribution in [3.05, 3.63) is 12.2 Å². The van der Waals surface area contributed by atoms with E-state index in [-0.39, 0.29) is 0 Å². The first-order valence-corrected chi connectivity index (χ1v) is 4.67. The molecular weight excluding hydrogens is 146 g/mol. The normalized spacial score (nSPS) is 12.3.